The number of nitrogens with zero attached hydrogens (tertiary/aromatic N) is 1. The molecule has 0 radical (unpaired) electrons. The van der Waals surface area contributed by atoms with E-state index in [0.29, 0.717) is 0 Å². The normalized spacial score (nSPS) is 19.7. The van der Waals surface area contributed by atoms with Crippen molar-refractivity contribution in [3.63, 3.8) is 0 Å². The van der Waals surface area contributed by atoms with Crippen LogP contribution in [0.2, 0.25) is 0 Å². The van der Waals surface area contributed by atoms with Gasteiger partial charge in [-0.15, -0.1) is 11.3 Å². The van der Waals surface area contributed by atoms with Gasteiger partial charge in [0.15, 0.2) is 0 Å². The number of aromatic nitrogens is 1. The first-order chi connectivity index (χ1) is 10.0. The lowest BCUT2D eigenvalue weighted by atomic mass is 10.1. The first-order valence-corrected chi connectivity index (χ1v) is 7.78. The first kappa shape index (κ1) is 14.5. The molecule has 1 atom stereocenters. The van der Waals surface area contributed by atoms with Crippen LogP contribution in [0, 0.1) is 0 Å². The highest BCUT2D eigenvalue weighted by Crippen LogP contribution is 2.32. The molecular weight excluding hydrogens is 297 g/mol. The smallest absolute Gasteiger partial charge is 0.308 e. The van der Waals surface area contributed by atoms with E-state index in [9.17, 15) is 13.2 Å². The van der Waals surface area contributed by atoms with Gasteiger partial charge < -0.3 is 5.32 Å². The van der Waals surface area contributed by atoms with E-state index in [4.69, 9.17) is 0 Å². The van der Waals surface area contributed by atoms with Gasteiger partial charge in [-0.3, -0.25) is 0 Å². The van der Waals surface area contributed by atoms with Crippen LogP contribution >= 0.6 is 11.3 Å². The zero-order valence-electron chi connectivity index (χ0n) is 11.3. The summed E-state index contributed by atoms with van der Waals surface area (Å²) in [5.74, 6) is 0. The number of thiazole rings is 1. The van der Waals surface area contributed by atoms with E-state index in [0.717, 1.165) is 41.4 Å². The van der Waals surface area contributed by atoms with Crippen molar-refractivity contribution in [2.45, 2.75) is 31.5 Å². The average molecular weight is 312 g/mol. The van der Waals surface area contributed by atoms with E-state index < -0.39 is 11.7 Å². The molecule has 0 aliphatic carbocycles. The van der Waals surface area contributed by atoms with Crippen LogP contribution in [0.4, 0.5) is 13.2 Å². The molecule has 0 spiro atoms. The minimum atomic E-state index is -4.29. The Bertz CT molecular complexity index is 598. The van der Waals surface area contributed by atoms with Crippen molar-refractivity contribution in [1.29, 1.82) is 0 Å². The second-order valence-corrected chi connectivity index (χ2v) is 6.04. The summed E-state index contributed by atoms with van der Waals surface area (Å²) in [6.07, 6.45) is -0.849. The Morgan fingerprint density at radius 1 is 1.14 bits per heavy atom. The average Bonchev–Trinajstić information content (AvgIpc) is 2.97. The molecule has 1 aromatic heterocycles. The molecule has 6 heteroatoms. The Hall–Kier alpha value is -1.40. The summed E-state index contributed by atoms with van der Waals surface area (Å²) in [6, 6.07) is 5.46. The fraction of sp³-hybridized carbons (Fsp3) is 0.400. The summed E-state index contributed by atoms with van der Waals surface area (Å²) in [4.78, 5) is 4.57. The number of halogens is 3. The summed E-state index contributed by atoms with van der Waals surface area (Å²) >= 11 is 1.56. The first-order valence-electron chi connectivity index (χ1n) is 6.90. The molecule has 1 saturated heterocycles. The lowest BCUT2D eigenvalue weighted by molar-refractivity contribution is -0.137. The highest BCUT2D eigenvalue weighted by molar-refractivity contribution is 7.10. The number of hydrogen-bond donors (Lipinski definition) is 1. The number of nitrogens with one attached hydrogen (secondary N) is 1. The van der Waals surface area contributed by atoms with Crippen LogP contribution in [0.3, 0.4) is 0 Å². The molecule has 0 saturated carbocycles. The van der Waals surface area contributed by atoms with Crippen molar-refractivity contribution >= 4 is 11.3 Å². The molecule has 1 aliphatic heterocycles. The second kappa shape index (κ2) is 5.77. The molecule has 1 aromatic carbocycles. The van der Waals surface area contributed by atoms with E-state index in [1.54, 1.807) is 11.3 Å². The number of benzene rings is 1. The number of alkyl halides is 3. The predicted octanol–water partition coefficient (Wildman–Crippen LogP) is 4.64. The van der Waals surface area contributed by atoms with Crippen LogP contribution in [-0.4, -0.2) is 11.5 Å². The molecule has 2 heterocycles. The predicted molar refractivity (Wildman–Crippen MR) is 77.1 cm³/mol. The molecule has 1 aliphatic rings. The monoisotopic (exact) mass is 312 g/mol. The van der Waals surface area contributed by atoms with Crippen LogP contribution in [0.15, 0.2) is 29.6 Å². The third-order valence-corrected chi connectivity index (χ3v) is 4.60. The van der Waals surface area contributed by atoms with Crippen molar-refractivity contribution in [2.24, 2.45) is 0 Å². The summed E-state index contributed by atoms with van der Waals surface area (Å²) in [7, 11) is 0. The highest BCUT2D eigenvalue weighted by atomic mass is 32.1. The van der Waals surface area contributed by atoms with E-state index in [1.165, 1.54) is 25.0 Å². The zero-order valence-corrected chi connectivity index (χ0v) is 12.1. The molecule has 2 aromatic rings. The van der Waals surface area contributed by atoms with Gasteiger partial charge in [0.25, 0.3) is 0 Å². The van der Waals surface area contributed by atoms with Crippen LogP contribution in [0.5, 0.6) is 0 Å². The van der Waals surface area contributed by atoms with Gasteiger partial charge in [-0.2, -0.15) is 13.2 Å². The largest absolute Gasteiger partial charge is 0.416 e. The van der Waals surface area contributed by atoms with Gasteiger partial charge in [0.05, 0.1) is 17.3 Å². The third kappa shape index (κ3) is 3.27. The Morgan fingerprint density at radius 2 is 1.90 bits per heavy atom. The fourth-order valence-corrected chi connectivity index (χ4v) is 3.41. The van der Waals surface area contributed by atoms with E-state index in [2.05, 4.69) is 10.3 Å². The van der Waals surface area contributed by atoms with Crippen LogP contribution in [-0.2, 0) is 6.18 Å². The Kier molecular flexibility index (Phi) is 3.99. The quantitative estimate of drug-likeness (QED) is 0.873. The molecule has 112 valence electrons. The minimum Gasteiger partial charge on any atom is -0.308 e. The highest BCUT2D eigenvalue weighted by Gasteiger charge is 2.30. The van der Waals surface area contributed by atoms with Gasteiger partial charge in [0.2, 0.25) is 0 Å². The number of rotatable bonds is 2. The van der Waals surface area contributed by atoms with Crippen molar-refractivity contribution in [1.82, 2.24) is 10.3 Å². The lowest BCUT2D eigenvalue weighted by Gasteiger charge is -2.21. The molecule has 1 N–H and O–H groups in total. The topological polar surface area (TPSA) is 24.9 Å². The van der Waals surface area contributed by atoms with Gasteiger partial charge in [-0.25, -0.2) is 4.98 Å². The van der Waals surface area contributed by atoms with E-state index >= 15 is 0 Å². The minimum absolute atomic E-state index is 0.284. The standard InChI is InChI=1S/C15H15F3N2S/c16-15(17,18)11-6-4-10(5-7-11)13-9-21-14(20-13)12-3-1-2-8-19-12/h4-7,9,12,19H,1-3,8H2. The number of piperidine rings is 1. The molecular formula is C15H15F3N2S. The van der Waals surface area contributed by atoms with E-state index in [-0.39, 0.29) is 6.04 Å². The van der Waals surface area contributed by atoms with Crippen LogP contribution in [0.1, 0.15) is 35.9 Å². The van der Waals surface area contributed by atoms with E-state index in [1.807, 2.05) is 5.38 Å². The van der Waals surface area contributed by atoms with Crippen LogP contribution in [0.25, 0.3) is 11.3 Å². The third-order valence-electron chi connectivity index (χ3n) is 3.64. The number of hydrogen-bond acceptors (Lipinski definition) is 3. The summed E-state index contributed by atoms with van der Waals surface area (Å²) in [5, 5.41) is 6.36. The van der Waals surface area contributed by atoms with Crippen molar-refractivity contribution in [3.05, 3.63) is 40.2 Å². The fourth-order valence-electron chi connectivity index (χ4n) is 2.47. The van der Waals surface area contributed by atoms with Gasteiger partial charge in [0.1, 0.15) is 5.01 Å². The SMILES string of the molecule is FC(F)(F)c1ccc(-c2csc(C3CCCCN3)n2)cc1. The summed E-state index contributed by atoms with van der Waals surface area (Å²) < 4.78 is 37.6. The Balaban J connectivity index is 1.79. The molecule has 0 bridgehead atoms. The maximum atomic E-state index is 12.5. The molecule has 1 fully saturated rings. The van der Waals surface area contributed by atoms with Crippen LogP contribution < -0.4 is 5.32 Å². The van der Waals surface area contributed by atoms with Gasteiger partial charge in [-0.1, -0.05) is 18.6 Å². The zero-order chi connectivity index (χ0) is 14.9. The maximum Gasteiger partial charge on any atom is 0.416 e. The summed E-state index contributed by atoms with van der Waals surface area (Å²) in [5.41, 5.74) is 0.841. The maximum absolute atomic E-state index is 12.5. The molecule has 21 heavy (non-hydrogen) atoms. The van der Waals surface area contributed by atoms with Gasteiger partial charge >= 0.3 is 6.18 Å². The lowest BCUT2D eigenvalue weighted by Crippen LogP contribution is -2.26. The second-order valence-electron chi connectivity index (χ2n) is 5.15. The molecule has 3 rings (SSSR count). The molecule has 2 nitrogen and oxygen atoms in total. The van der Waals surface area contributed by atoms with Crippen molar-refractivity contribution in [3.8, 4) is 11.3 Å². The summed E-state index contributed by atoms with van der Waals surface area (Å²) in [6.45, 7) is 1.000. The Morgan fingerprint density at radius 3 is 2.52 bits per heavy atom. The molecule has 0 amide bonds. The van der Waals surface area contributed by atoms with Gasteiger partial charge in [0, 0.05) is 10.9 Å². The van der Waals surface area contributed by atoms with Gasteiger partial charge in [-0.05, 0) is 31.5 Å². The Labute approximate surface area is 125 Å². The molecule has 1 unspecified atom stereocenters. The van der Waals surface area contributed by atoms with Crippen molar-refractivity contribution < 1.29 is 13.2 Å². The van der Waals surface area contributed by atoms with Crippen molar-refractivity contribution in [2.75, 3.05) is 6.54 Å².